The van der Waals surface area contributed by atoms with E-state index in [1.54, 1.807) is 19.9 Å². The van der Waals surface area contributed by atoms with E-state index in [1.165, 1.54) is 13.8 Å². The number of carbonyl (C=O) groups is 4. The van der Waals surface area contributed by atoms with Crippen molar-refractivity contribution in [2.45, 2.75) is 58.0 Å². The van der Waals surface area contributed by atoms with Gasteiger partial charge in [-0.1, -0.05) is 20.1 Å². The van der Waals surface area contributed by atoms with Gasteiger partial charge in [-0.05, 0) is 32.4 Å². The highest BCUT2D eigenvalue weighted by Gasteiger charge is 2.86. The molecular weight excluding hydrogens is 404 g/mol. The van der Waals surface area contributed by atoms with Gasteiger partial charge in [0.2, 0.25) is 5.78 Å². The second-order valence-electron chi connectivity index (χ2n) is 9.25. The van der Waals surface area contributed by atoms with Crippen molar-refractivity contribution in [1.29, 1.82) is 0 Å². The molecule has 0 aromatic rings. The van der Waals surface area contributed by atoms with Gasteiger partial charge >= 0.3 is 11.9 Å². The summed E-state index contributed by atoms with van der Waals surface area (Å²) in [5.74, 6) is -1.93. The minimum absolute atomic E-state index is 0.0494. The van der Waals surface area contributed by atoms with E-state index in [4.69, 9.17) is 18.9 Å². The number of allylic oxidation sites excluding steroid dienone is 1. The van der Waals surface area contributed by atoms with Gasteiger partial charge in [0.15, 0.2) is 18.0 Å². The van der Waals surface area contributed by atoms with Gasteiger partial charge in [0, 0.05) is 17.6 Å². The first-order valence-electron chi connectivity index (χ1n) is 10.2. The average Bonchev–Trinajstić information content (AvgIpc) is 3.48. The Morgan fingerprint density at radius 2 is 1.81 bits per heavy atom. The van der Waals surface area contributed by atoms with Crippen molar-refractivity contribution >= 4 is 23.5 Å². The summed E-state index contributed by atoms with van der Waals surface area (Å²) >= 11 is 0. The van der Waals surface area contributed by atoms with Gasteiger partial charge in [0.25, 0.3) is 0 Å². The quantitative estimate of drug-likeness (QED) is 0.368. The molecule has 2 aliphatic heterocycles. The van der Waals surface area contributed by atoms with E-state index >= 15 is 0 Å². The molecule has 0 aromatic heterocycles. The van der Waals surface area contributed by atoms with Crippen LogP contribution in [0, 0.1) is 10.8 Å². The van der Waals surface area contributed by atoms with Gasteiger partial charge in [-0.2, -0.15) is 0 Å². The van der Waals surface area contributed by atoms with Crippen molar-refractivity contribution < 1.29 is 38.1 Å². The summed E-state index contributed by atoms with van der Waals surface area (Å²) in [4.78, 5) is 50.9. The Morgan fingerprint density at radius 1 is 1.19 bits per heavy atom. The molecule has 1 saturated carbocycles. The number of Topliss-reactive ketones (excluding diaryl/α,β-unsaturated/α-hetero) is 2. The second-order valence-corrected chi connectivity index (χ2v) is 9.25. The van der Waals surface area contributed by atoms with Crippen molar-refractivity contribution in [3.8, 4) is 0 Å². The third-order valence-electron chi connectivity index (χ3n) is 7.36. The minimum Gasteiger partial charge on any atom is -0.462 e. The SMILES string of the molecule is C=C(C)C(=O)OC[C@]12CC(=O)C(C)=C[C@H]1O[C@@H]1C(=O)[C@@H](OC(=O)C(=C)C)[C@@]2(C)[C@]12CO2. The molecule has 0 radical (unpaired) electrons. The molecule has 0 amide bonds. The largest absolute Gasteiger partial charge is 0.462 e. The molecular formula is C23H26O8. The normalized spacial score (nSPS) is 40.1. The Labute approximate surface area is 180 Å². The third kappa shape index (κ3) is 2.67. The summed E-state index contributed by atoms with van der Waals surface area (Å²) < 4.78 is 23.2. The smallest absolute Gasteiger partial charge is 0.333 e. The summed E-state index contributed by atoms with van der Waals surface area (Å²) in [7, 11) is 0. The monoisotopic (exact) mass is 430 g/mol. The van der Waals surface area contributed by atoms with Gasteiger partial charge in [0.05, 0.1) is 23.5 Å². The van der Waals surface area contributed by atoms with Crippen LogP contribution in [0.4, 0.5) is 0 Å². The standard InChI is InChI=1S/C23H26O8/c1-11(2)19(26)28-9-22-8-14(24)13(5)7-15(22)30-18-16(25)17(31-20(27)12(3)4)21(22,6)23(18)10-29-23/h7,15,17-18H,1,3,8-10H2,2,4-6H3/t15-,17-,18-,21-,22-,23+/m1/s1. The number of hydrogen-bond donors (Lipinski definition) is 0. The lowest BCUT2D eigenvalue weighted by atomic mass is 9.51. The molecule has 8 heteroatoms. The Balaban J connectivity index is 1.86. The predicted octanol–water partition coefficient (Wildman–Crippen LogP) is 1.62. The zero-order valence-corrected chi connectivity index (χ0v) is 18.1. The Bertz CT molecular complexity index is 970. The molecule has 2 saturated heterocycles. The van der Waals surface area contributed by atoms with Crippen LogP contribution in [0.15, 0.2) is 36.0 Å². The average molecular weight is 430 g/mol. The van der Waals surface area contributed by atoms with Crippen molar-refractivity contribution in [2.24, 2.45) is 10.8 Å². The first-order valence-corrected chi connectivity index (χ1v) is 10.2. The predicted molar refractivity (Wildman–Crippen MR) is 107 cm³/mol. The first kappa shape index (κ1) is 21.6. The molecule has 0 unspecified atom stereocenters. The highest BCUT2D eigenvalue weighted by atomic mass is 16.6. The summed E-state index contributed by atoms with van der Waals surface area (Å²) in [6.07, 6.45) is -1.28. The molecule has 4 aliphatic rings. The van der Waals surface area contributed by atoms with E-state index in [2.05, 4.69) is 13.2 Å². The highest BCUT2D eigenvalue weighted by molar-refractivity contribution is 6.00. The van der Waals surface area contributed by atoms with Crippen LogP contribution >= 0.6 is 0 Å². The molecule has 8 nitrogen and oxygen atoms in total. The lowest BCUT2D eigenvalue weighted by Crippen LogP contribution is -2.67. The molecule has 2 bridgehead atoms. The number of hydrogen-bond acceptors (Lipinski definition) is 8. The summed E-state index contributed by atoms with van der Waals surface area (Å²) in [6, 6.07) is 0. The van der Waals surface area contributed by atoms with Crippen LogP contribution in [0.1, 0.15) is 34.1 Å². The number of fused-ring (bicyclic) bond motifs is 2. The lowest BCUT2D eigenvalue weighted by Gasteiger charge is -2.57. The maximum Gasteiger partial charge on any atom is 0.333 e. The van der Waals surface area contributed by atoms with Crippen molar-refractivity contribution in [1.82, 2.24) is 0 Å². The molecule has 2 aliphatic carbocycles. The van der Waals surface area contributed by atoms with Crippen molar-refractivity contribution in [2.75, 3.05) is 13.2 Å². The zero-order valence-electron chi connectivity index (χ0n) is 18.1. The van der Waals surface area contributed by atoms with Gasteiger partial charge in [-0.3, -0.25) is 9.59 Å². The second kappa shape index (κ2) is 6.71. The zero-order chi connectivity index (χ0) is 22.9. The maximum absolute atomic E-state index is 13.4. The van der Waals surface area contributed by atoms with Crippen LogP contribution in [0.3, 0.4) is 0 Å². The Morgan fingerprint density at radius 3 is 2.35 bits per heavy atom. The van der Waals surface area contributed by atoms with E-state index in [0.717, 1.165) is 0 Å². The number of ketones is 2. The molecule has 2 heterocycles. The minimum atomic E-state index is -1.24. The Hall–Kier alpha value is -2.58. The van der Waals surface area contributed by atoms with E-state index < -0.39 is 52.5 Å². The van der Waals surface area contributed by atoms with E-state index in [9.17, 15) is 19.2 Å². The number of carbonyl (C=O) groups excluding carboxylic acids is 4. The number of esters is 2. The highest BCUT2D eigenvalue weighted by Crippen LogP contribution is 2.70. The number of ether oxygens (including phenoxy) is 4. The molecule has 0 aromatic carbocycles. The number of epoxide rings is 1. The van der Waals surface area contributed by atoms with E-state index in [-0.39, 0.29) is 36.6 Å². The van der Waals surface area contributed by atoms with Crippen LogP contribution in [0.5, 0.6) is 0 Å². The van der Waals surface area contributed by atoms with Gasteiger partial charge < -0.3 is 18.9 Å². The molecule has 6 atom stereocenters. The van der Waals surface area contributed by atoms with Crippen LogP contribution in [-0.4, -0.2) is 60.6 Å². The van der Waals surface area contributed by atoms with Gasteiger partial charge in [0.1, 0.15) is 12.2 Å². The Kier molecular flexibility index (Phi) is 4.68. The summed E-state index contributed by atoms with van der Waals surface area (Å²) in [5.41, 5.74) is -2.56. The van der Waals surface area contributed by atoms with E-state index in [0.29, 0.717) is 5.57 Å². The van der Waals surface area contributed by atoms with Crippen LogP contribution < -0.4 is 0 Å². The molecule has 31 heavy (non-hydrogen) atoms. The van der Waals surface area contributed by atoms with Crippen molar-refractivity contribution in [3.05, 3.63) is 36.0 Å². The van der Waals surface area contributed by atoms with Gasteiger partial charge in [-0.15, -0.1) is 0 Å². The summed E-state index contributed by atoms with van der Waals surface area (Å²) in [5, 5.41) is 0. The summed E-state index contributed by atoms with van der Waals surface area (Å²) in [6.45, 7) is 13.6. The number of rotatable bonds is 5. The van der Waals surface area contributed by atoms with E-state index in [1.807, 2.05) is 0 Å². The van der Waals surface area contributed by atoms with Crippen LogP contribution in [0.2, 0.25) is 0 Å². The molecule has 0 N–H and O–H groups in total. The topological polar surface area (TPSA) is 109 Å². The van der Waals surface area contributed by atoms with Crippen molar-refractivity contribution in [3.63, 3.8) is 0 Å². The fraction of sp³-hybridized carbons (Fsp3) is 0.565. The molecule has 3 fully saturated rings. The maximum atomic E-state index is 13.4. The fourth-order valence-corrected chi connectivity index (χ4v) is 5.32. The van der Waals surface area contributed by atoms with Crippen LogP contribution in [-0.2, 0) is 38.1 Å². The lowest BCUT2D eigenvalue weighted by molar-refractivity contribution is -0.230. The molecule has 1 spiro atoms. The van der Waals surface area contributed by atoms with Gasteiger partial charge in [-0.25, -0.2) is 9.59 Å². The third-order valence-corrected chi connectivity index (χ3v) is 7.36. The molecule has 166 valence electrons. The molecule has 4 rings (SSSR count). The first-order chi connectivity index (χ1) is 14.4. The van der Waals surface area contributed by atoms with Crippen LogP contribution in [0.25, 0.3) is 0 Å². The fourth-order valence-electron chi connectivity index (χ4n) is 5.32.